The smallest absolute Gasteiger partial charge is 0.286 e. The molecule has 0 fully saturated rings. The van der Waals surface area contributed by atoms with Crippen LogP contribution in [-0.4, -0.2) is 15.6 Å². The number of thioether (sulfide) groups is 1. The molecule has 0 aliphatic carbocycles. The SMILES string of the molecule is NC1=NC(=O)/C(=C\c2cn(Cc3ccccc3)c3ccccc23)S1. The first-order chi connectivity index (χ1) is 11.7. The highest BCUT2D eigenvalue weighted by Gasteiger charge is 2.20. The molecule has 24 heavy (non-hydrogen) atoms. The molecule has 0 saturated heterocycles. The van der Waals surface area contributed by atoms with Gasteiger partial charge < -0.3 is 10.3 Å². The molecule has 3 aromatic rings. The third-order valence-corrected chi connectivity index (χ3v) is 4.75. The Morgan fingerprint density at radius 2 is 1.83 bits per heavy atom. The number of para-hydroxylation sites is 1. The average Bonchev–Trinajstić information content (AvgIpc) is 3.09. The molecule has 0 radical (unpaired) electrons. The number of nitrogens with zero attached hydrogens (tertiary/aromatic N) is 2. The fourth-order valence-corrected chi connectivity index (χ4v) is 3.54. The summed E-state index contributed by atoms with van der Waals surface area (Å²) in [6, 6.07) is 18.5. The van der Waals surface area contributed by atoms with Crippen molar-refractivity contribution in [3.05, 3.63) is 76.8 Å². The number of carbonyl (C=O) groups excluding carboxylic acids is 1. The van der Waals surface area contributed by atoms with Crippen molar-refractivity contribution >= 4 is 39.8 Å². The number of aromatic nitrogens is 1. The molecule has 1 aromatic heterocycles. The normalized spacial score (nSPS) is 16.1. The van der Waals surface area contributed by atoms with E-state index < -0.39 is 0 Å². The van der Waals surface area contributed by atoms with Gasteiger partial charge in [-0.25, -0.2) is 0 Å². The zero-order valence-electron chi connectivity index (χ0n) is 12.8. The van der Waals surface area contributed by atoms with Gasteiger partial charge in [-0.2, -0.15) is 4.99 Å². The molecular weight excluding hydrogens is 318 g/mol. The van der Waals surface area contributed by atoms with Gasteiger partial charge in [0.2, 0.25) is 0 Å². The fourth-order valence-electron chi connectivity index (χ4n) is 2.87. The van der Waals surface area contributed by atoms with Crippen molar-refractivity contribution in [2.45, 2.75) is 6.54 Å². The van der Waals surface area contributed by atoms with E-state index in [9.17, 15) is 4.79 Å². The molecule has 2 aromatic carbocycles. The molecule has 4 rings (SSSR count). The largest absolute Gasteiger partial charge is 0.378 e. The maximum atomic E-state index is 11.9. The molecule has 0 atom stereocenters. The Balaban J connectivity index is 1.77. The summed E-state index contributed by atoms with van der Waals surface area (Å²) in [6.07, 6.45) is 3.95. The zero-order valence-corrected chi connectivity index (χ0v) is 13.7. The highest BCUT2D eigenvalue weighted by atomic mass is 32.2. The predicted molar refractivity (Wildman–Crippen MR) is 99.7 cm³/mol. The topological polar surface area (TPSA) is 60.4 Å². The Labute approximate surface area is 143 Å². The lowest BCUT2D eigenvalue weighted by Gasteiger charge is -2.05. The summed E-state index contributed by atoms with van der Waals surface area (Å²) >= 11 is 1.22. The van der Waals surface area contributed by atoms with E-state index in [4.69, 9.17) is 5.73 Å². The summed E-state index contributed by atoms with van der Waals surface area (Å²) in [5.41, 5.74) is 9.01. The Kier molecular flexibility index (Phi) is 3.70. The zero-order chi connectivity index (χ0) is 16.5. The standard InChI is InChI=1S/C19H15N3OS/c20-19-21-18(23)17(24-19)10-14-12-22(11-13-6-2-1-3-7-13)16-9-5-4-8-15(14)16/h1-10,12H,11H2,(H2,20,21,23)/b17-10+. The van der Waals surface area contributed by atoms with E-state index >= 15 is 0 Å². The van der Waals surface area contributed by atoms with Crippen LogP contribution in [0.25, 0.3) is 17.0 Å². The molecule has 1 aliphatic rings. The van der Waals surface area contributed by atoms with Gasteiger partial charge in [0.25, 0.3) is 5.91 Å². The molecule has 118 valence electrons. The molecule has 0 bridgehead atoms. The van der Waals surface area contributed by atoms with Gasteiger partial charge >= 0.3 is 0 Å². The molecule has 4 nitrogen and oxygen atoms in total. The maximum absolute atomic E-state index is 11.9. The molecule has 2 heterocycles. The Morgan fingerprint density at radius 1 is 1.08 bits per heavy atom. The van der Waals surface area contributed by atoms with E-state index in [0.717, 1.165) is 23.0 Å². The number of hydrogen-bond acceptors (Lipinski definition) is 3. The number of amidine groups is 1. The van der Waals surface area contributed by atoms with E-state index in [1.165, 1.54) is 17.3 Å². The Bertz CT molecular complexity index is 986. The number of benzene rings is 2. The summed E-state index contributed by atoms with van der Waals surface area (Å²) < 4.78 is 2.20. The van der Waals surface area contributed by atoms with Crippen LogP contribution in [0.15, 0.2) is 70.7 Å². The lowest BCUT2D eigenvalue weighted by molar-refractivity contribution is -0.113. The average molecular weight is 333 g/mol. The summed E-state index contributed by atoms with van der Waals surface area (Å²) in [4.78, 5) is 16.2. The number of rotatable bonds is 3. The van der Waals surface area contributed by atoms with Gasteiger partial charge in [-0.3, -0.25) is 4.79 Å². The molecule has 0 saturated carbocycles. The first-order valence-electron chi connectivity index (χ1n) is 7.60. The first-order valence-corrected chi connectivity index (χ1v) is 8.42. The van der Waals surface area contributed by atoms with E-state index in [-0.39, 0.29) is 5.91 Å². The number of nitrogens with two attached hydrogens (primary N) is 1. The predicted octanol–water partition coefficient (Wildman–Crippen LogP) is 3.62. The fraction of sp³-hybridized carbons (Fsp3) is 0.0526. The quantitative estimate of drug-likeness (QED) is 0.745. The minimum absolute atomic E-state index is 0.266. The van der Waals surface area contributed by atoms with Crippen molar-refractivity contribution in [3.63, 3.8) is 0 Å². The summed E-state index contributed by atoms with van der Waals surface area (Å²) in [5.74, 6) is -0.266. The van der Waals surface area contributed by atoms with Crippen LogP contribution < -0.4 is 5.73 Å². The Hall–Kier alpha value is -2.79. The first kappa shape index (κ1) is 14.8. The van der Waals surface area contributed by atoms with Gasteiger partial charge in [0.1, 0.15) is 0 Å². The minimum Gasteiger partial charge on any atom is -0.378 e. The second kappa shape index (κ2) is 6.02. The van der Waals surface area contributed by atoms with Crippen LogP contribution >= 0.6 is 11.8 Å². The maximum Gasteiger partial charge on any atom is 0.286 e. The van der Waals surface area contributed by atoms with Gasteiger partial charge in [-0.15, -0.1) is 0 Å². The molecular formula is C19H15N3OS. The van der Waals surface area contributed by atoms with Crippen molar-refractivity contribution in [3.8, 4) is 0 Å². The number of aliphatic imine (C=N–C) groups is 1. The second-order valence-electron chi connectivity index (χ2n) is 5.58. The van der Waals surface area contributed by atoms with E-state index in [2.05, 4.69) is 40.0 Å². The second-order valence-corrected chi connectivity index (χ2v) is 6.64. The third kappa shape index (κ3) is 2.74. The number of carbonyl (C=O) groups is 1. The molecule has 0 spiro atoms. The van der Waals surface area contributed by atoms with Crippen molar-refractivity contribution in [2.75, 3.05) is 0 Å². The van der Waals surface area contributed by atoms with Crippen molar-refractivity contribution in [1.29, 1.82) is 0 Å². The molecule has 1 aliphatic heterocycles. The van der Waals surface area contributed by atoms with Crippen LogP contribution in [0, 0.1) is 0 Å². The van der Waals surface area contributed by atoms with Gasteiger partial charge in [0.15, 0.2) is 5.17 Å². The van der Waals surface area contributed by atoms with Gasteiger partial charge in [0, 0.05) is 29.2 Å². The number of fused-ring (bicyclic) bond motifs is 1. The highest BCUT2D eigenvalue weighted by Crippen LogP contribution is 2.30. The Morgan fingerprint density at radius 3 is 2.58 bits per heavy atom. The summed E-state index contributed by atoms with van der Waals surface area (Å²) in [7, 11) is 0. The van der Waals surface area contributed by atoms with Crippen LogP contribution in [-0.2, 0) is 11.3 Å². The van der Waals surface area contributed by atoms with Crippen LogP contribution in [0.5, 0.6) is 0 Å². The lowest BCUT2D eigenvalue weighted by atomic mass is 10.1. The summed E-state index contributed by atoms with van der Waals surface area (Å²) in [6.45, 7) is 0.782. The molecule has 1 amide bonds. The highest BCUT2D eigenvalue weighted by molar-refractivity contribution is 8.18. The molecule has 5 heteroatoms. The van der Waals surface area contributed by atoms with Crippen LogP contribution in [0.1, 0.15) is 11.1 Å². The van der Waals surface area contributed by atoms with Crippen molar-refractivity contribution in [2.24, 2.45) is 10.7 Å². The van der Waals surface area contributed by atoms with Gasteiger partial charge in [-0.1, -0.05) is 48.5 Å². The molecule has 2 N–H and O–H groups in total. The van der Waals surface area contributed by atoms with Crippen molar-refractivity contribution in [1.82, 2.24) is 4.57 Å². The minimum atomic E-state index is -0.266. The lowest BCUT2D eigenvalue weighted by Crippen LogP contribution is -2.01. The number of hydrogen-bond donors (Lipinski definition) is 1. The van der Waals surface area contributed by atoms with Crippen LogP contribution in [0.4, 0.5) is 0 Å². The number of amides is 1. The van der Waals surface area contributed by atoms with Gasteiger partial charge in [-0.05, 0) is 29.5 Å². The molecule has 0 unspecified atom stereocenters. The summed E-state index contributed by atoms with van der Waals surface area (Å²) in [5, 5.41) is 1.42. The monoisotopic (exact) mass is 333 g/mol. The van der Waals surface area contributed by atoms with E-state index in [1.54, 1.807) is 0 Å². The van der Waals surface area contributed by atoms with E-state index in [0.29, 0.717) is 10.1 Å². The van der Waals surface area contributed by atoms with Gasteiger partial charge in [0.05, 0.1) is 4.91 Å². The van der Waals surface area contributed by atoms with Crippen LogP contribution in [0.2, 0.25) is 0 Å². The van der Waals surface area contributed by atoms with Crippen molar-refractivity contribution < 1.29 is 4.79 Å². The third-order valence-electron chi connectivity index (χ3n) is 3.94. The van der Waals surface area contributed by atoms with Crippen LogP contribution in [0.3, 0.4) is 0 Å². The van der Waals surface area contributed by atoms with E-state index in [1.807, 2.05) is 36.4 Å².